The maximum atomic E-state index is 14.0. The van der Waals surface area contributed by atoms with Gasteiger partial charge in [-0.05, 0) is 56.7 Å². The van der Waals surface area contributed by atoms with Gasteiger partial charge in [0.25, 0.3) is 10.0 Å². The highest BCUT2D eigenvalue weighted by Gasteiger charge is 2.34. The van der Waals surface area contributed by atoms with E-state index in [1.54, 1.807) is 62.4 Å². The van der Waals surface area contributed by atoms with Gasteiger partial charge >= 0.3 is 0 Å². The molecule has 0 fully saturated rings. The lowest BCUT2D eigenvalue weighted by atomic mass is 10.1. The lowest BCUT2D eigenvalue weighted by Crippen LogP contribution is -2.52. The van der Waals surface area contributed by atoms with E-state index in [1.165, 1.54) is 23.1 Å². The third kappa shape index (κ3) is 7.25. The van der Waals surface area contributed by atoms with Gasteiger partial charge in [-0.15, -0.1) is 0 Å². The van der Waals surface area contributed by atoms with Gasteiger partial charge in [0.2, 0.25) is 11.8 Å². The van der Waals surface area contributed by atoms with Crippen LogP contribution in [-0.4, -0.2) is 44.3 Å². The number of hydrogen-bond acceptors (Lipinski definition) is 4. The topological polar surface area (TPSA) is 86.8 Å². The molecular formula is C28H30Cl3N3O4S. The molecule has 208 valence electrons. The molecule has 0 aliphatic heterocycles. The predicted molar refractivity (Wildman–Crippen MR) is 157 cm³/mol. The highest BCUT2D eigenvalue weighted by atomic mass is 35.5. The van der Waals surface area contributed by atoms with Gasteiger partial charge in [0.05, 0.1) is 15.6 Å². The molecule has 39 heavy (non-hydrogen) atoms. The van der Waals surface area contributed by atoms with Gasteiger partial charge in [-0.3, -0.25) is 13.9 Å². The first-order valence-corrected chi connectivity index (χ1v) is 14.9. The first-order valence-electron chi connectivity index (χ1n) is 12.3. The molecule has 1 N–H and O–H groups in total. The van der Waals surface area contributed by atoms with Crippen molar-refractivity contribution in [3.63, 3.8) is 0 Å². The van der Waals surface area contributed by atoms with E-state index in [9.17, 15) is 18.0 Å². The summed E-state index contributed by atoms with van der Waals surface area (Å²) in [6.07, 6.45) is 0.274. The number of rotatable bonds is 11. The molecule has 3 rings (SSSR count). The lowest BCUT2D eigenvalue weighted by molar-refractivity contribution is -0.140. The third-order valence-electron chi connectivity index (χ3n) is 6.14. The molecule has 2 amide bonds. The van der Waals surface area contributed by atoms with Gasteiger partial charge in [-0.1, -0.05) is 77.6 Å². The van der Waals surface area contributed by atoms with E-state index in [0.29, 0.717) is 22.2 Å². The number of nitrogens with zero attached hydrogens (tertiary/aromatic N) is 2. The molecule has 0 aromatic heterocycles. The molecule has 0 bridgehead atoms. The Hall–Kier alpha value is -2.78. The number of para-hydroxylation sites is 1. The van der Waals surface area contributed by atoms with Crippen LogP contribution >= 0.6 is 34.8 Å². The zero-order valence-electron chi connectivity index (χ0n) is 21.8. The second-order valence-corrected chi connectivity index (χ2v) is 11.9. The maximum Gasteiger partial charge on any atom is 0.264 e. The smallest absolute Gasteiger partial charge is 0.264 e. The van der Waals surface area contributed by atoms with Gasteiger partial charge in [-0.25, -0.2) is 8.42 Å². The van der Waals surface area contributed by atoms with Crippen LogP contribution in [0.2, 0.25) is 15.1 Å². The summed E-state index contributed by atoms with van der Waals surface area (Å²) in [5.74, 6) is -0.998. The van der Waals surface area contributed by atoms with Crippen molar-refractivity contribution < 1.29 is 18.0 Å². The number of likely N-dealkylation sites (N-methyl/N-ethyl adjacent to an activating group) is 1. The molecule has 3 aromatic carbocycles. The Morgan fingerprint density at radius 3 is 2.03 bits per heavy atom. The Kier molecular flexibility index (Phi) is 10.7. The van der Waals surface area contributed by atoms with Crippen molar-refractivity contribution in [3.05, 3.63) is 92.9 Å². The van der Waals surface area contributed by atoms with Crippen molar-refractivity contribution in [3.8, 4) is 0 Å². The van der Waals surface area contributed by atoms with Crippen LogP contribution < -0.4 is 9.62 Å². The second kappa shape index (κ2) is 13.5. The minimum atomic E-state index is -4.23. The number of carbonyl (C=O) groups excluding carboxylic acids is 2. The Morgan fingerprint density at radius 2 is 1.46 bits per heavy atom. The van der Waals surface area contributed by atoms with E-state index in [-0.39, 0.29) is 34.5 Å². The number of hydrogen-bond donors (Lipinski definition) is 1. The largest absolute Gasteiger partial charge is 0.355 e. The van der Waals surface area contributed by atoms with Gasteiger partial charge in [0, 0.05) is 28.7 Å². The second-order valence-electron chi connectivity index (χ2n) is 8.82. The van der Waals surface area contributed by atoms with E-state index in [1.807, 2.05) is 6.92 Å². The van der Waals surface area contributed by atoms with Gasteiger partial charge < -0.3 is 10.2 Å². The minimum Gasteiger partial charge on any atom is -0.355 e. The fourth-order valence-electron chi connectivity index (χ4n) is 4.07. The summed E-state index contributed by atoms with van der Waals surface area (Å²) in [4.78, 5) is 28.3. The molecule has 0 radical (unpaired) electrons. The highest BCUT2D eigenvalue weighted by Crippen LogP contribution is 2.32. The van der Waals surface area contributed by atoms with Gasteiger partial charge in [0.1, 0.15) is 12.6 Å². The summed E-state index contributed by atoms with van der Waals surface area (Å²) < 4.78 is 28.7. The van der Waals surface area contributed by atoms with E-state index < -0.39 is 28.5 Å². The quantitative estimate of drug-likeness (QED) is 0.285. The summed E-state index contributed by atoms with van der Waals surface area (Å²) in [5, 5.41) is 3.54. The van der Waals surface area contributed by atoms with Crippen LogP contribution in [0.3, 0.4) is 0 Å². The Bertz CT molecular complexity index is 1410. The number of nitrogens with one attached hydrogen (secondary N) is 1. The van der Waals surface area contributed by atoms with Crippen LogP contribution in [0.5, 0.6) is 0 Å². The fourth-order valence-corrected chi connectivity index (χ4v) is 6.31. The summed E-state index contributed by atoms with van der Waals surface area (Å²) in [5.41, 5.74) is 1.46. The molecule has 1 atom stereocenters. The zero-order valence-corrected chi connectivity index (χ0v) is 24.9. The summed E-state index contributed by atoms with van der Waals surface area (Å²) in [6.45, 7) is 5.03. The number of benzene rings is 3. The molecule has 0 spiro atoms. The average Bonchev–Trinajstić information content (AvgIpc) is 2.89. The van der Waals surface area contributed by atoms with Crippen molar-refractivity contribution in [1.29, 1.82) is 0 Å². The maximum absolute atomic E-state index is 14.0. The predicted octanol–water partition coefficient (Wildman–Crippen LogP) is 6.09. The highest BCUT2D eigenvalue weighted by molar-refractivity contribution is 7.92. The van der Waals surface area contributed by atoms with Crippen LogP contribution in [0.1, 0.15) is 31.4 Å². The van der Waals surface area contributed by atoms with Crippen LogP contribution in [0, 0.1) is 6.92 Å². The molecule has 3 aromatic rings. The lowest BCUT2D eigenvalue weighted by Gasteiger charge is -2.33. The molecule has 0 saturated heterocycles. The fraction of sp³-hybridized carbons (Fsp3) is 0.286. The number of anilines is 1. The van der Waals surface area contributed by atoms with Gasteiger partial charge in [-0.2, -0.15) is 0 Å². The van der Waals surface area contributed by atoms with Crippen LogP contribution in [0.4, 0.5) is 5.69 Å². The summed E-state index contributed by atoms with van der Waals surface area (Å²) in [7, 11) is -4.23. The molecule has 0 unspecified atom stereocenters. The number of aryl methyl sites for hydroxylation is 1. The Labute approximate surface area is 244 Å². The normalized spacial score (nSPS) is 12.1. The van der Waals surface area contributed by atoms with E-state index in [2.05, 4.69) is 5.32 Å². The van der Waals surface area contributed by atoms with E-state index in [4.69, 9.17) is 34.8 Å². The van der Waals surface area contributed by atoms with Crippen LogP contribution in [0.25, 0.3) is 0 Å². The standard InChI is InChI=1S/C28H30Cl3N3O4S/c1-4-25(28(36)32-5-2)33(17-21-22(29)10-8-11-23(21)30)27(35)18-34(26-12-7-6-9-24(26)31)39(37,38)20-15-13-19(3)14-16-20/h6-16,25H,4-5,17-18H2,1-3H3,(H,32,36)/t25-/m0/s1. The summed E-state index contributed by atoms with van der Waals surface area (Å²) in [6, 6.07) is 16.7. The first kappa shape index (κ1) is 30.8. The first-order chi connectivity index (χ1) is 18.5. The number of carbonyl (C=O) groups is 2. The molecule has 7 nitrogen and oxygen atoms in total. The van der Waals surface area contributed by atoms with Crippen LogP contribution in [-0.2, 0) is 26.2 Å². The minimum absolute atomic E-state index is 0.00251. The Balaban J connectivity index is 2.11. The molecular weight excluding hydrogens is 581 g/mol. The van der Waals surface area contributed by atoms with Crippen molar-refractivity contribution >= 4 is 62.3 Å². The van der Waals surface area contributed by atoms with Crippen molar-refractivity contribution in [2.24, 2.45) is 0 Å². The third-order valence-corrected chi connectivity index (χ3v) is 8.94. The van der Waals surface area contributed by atoms with Gasteiger partial charge in [0.15, 0.2) is 0 Å². The Morgan fingerprint density at radius 1 is 0.872 bits per heavy atom. The van der Waals surface area contributed by atoms with Crippen molar-refractivity contribution in [1.82, 2.24) is 10.2 Å². The van der Waals surface area contributed by atoms with E-state index in [0.717, 1.165) is 9.87 Å². The molecule has 11 heteroatoms. The SMILES string of the molecule is CCNC(=O)[C@H](CC)N(Cc1c(Cl)cccc1Cl)C(=O)CN(c1ccccc1Cl)S(=O)(=O)c1ccc(C)cc1. The monoisotopic (exact) mass is 609 g/mol. The molecule has 0 saturated carbocycles. The van der Waals surface area contributed by atoms with E-state index >= 15 is 0 Å². The molecule has 0 heterocycles. The number of halogens is 3. The number of sulfonamides is 1. The average molecular weight is 611 g/mol. The van der Waals surface area contributed by atoms with Crippen molar-refractivity contribution in [2.45, 2.75) is 44.7 Å². The van der Waals surface area contributed by atoms with Crippen molar-refractivity contribution in [2.75, 3.05) is 17.4 Å². The number of amides is 2. The summed E-state index contributed by atoms with van der Waals surface area (Å²) >= 11 is 19.2. The molecule has 0 aliphatic carbocycles. The van der Waals surface area contributed by atoms with Crippen LogP contribution in [0.15, 0.2) is 71.6 Å². The molecule has 0 aliphatic rings. The zero-order chi connectivity index (χ0) is 28.7.